The zero-order valence-electron chi connectivity index (χ0n) is 14.5. The highest BCUT2D eigenvalue weighted by Gasteiger charge is 2.34. The Morgan fingerprint density at radius 2 is 1.79 bits per heavy atom. The van der Waals surface area contributed by atoms with Crippen molar-refractivity contribution in [3.8, 4) is 17.2 Å². The molecule has 1 heterocycles. The number of nitro benzene ring substituents is 2. The molecule has 0 amide bonds. The molecule has 0 atom stereocenters. The Balaban J connectivity index is 2.31. The number of fused-ring (bicyclic) bond motifs is 1. The van der Waals surface area contributed by atoms with Crippen LogP contribution < -0.4 is 9.47 Å². The number of aromatic hydroxyl groups is 1. The summed E-state index contributed by atoms with van der Waals surface area (Å²) < 4.78 is 15.4. The first-order valence-corrected chi connectivity index (χ1v) is 7.62. The van der Waals surface area contributed by atoms with E-state index in [9.17, 15) is 30.1 Å². The van der Waals surface area contributed by atoms with Gasteiger partial charge in [-0.3, -0.25) is 25.0 Å². The summed E-state index contributed by atoms with van der Waals surface area (Å²) in [5.74, 6) is -1.37. The van der Waals surface area contributed by atoms with E-state index in [0.29, 0.717) is 5.75 Å². The van der Waals surface area contributed by atoms with Crippen molar-refractivity contribution in [2.45, 2.75) is 0 Å². The average Bonchev–Trinajstić information content (AvgIpc) is 3.09. The standard InChI is InChI=1S/C17H12N2O9/c1-26-8-3-4-12(27-2)9(5-8)16(20)10-7-28-13-6-11(18(22)23)17(21)15(14(10)13)19(24)25/h3-7,21H,1-2H3. The molecule has 3 aromatic rings. The number of nitro groups is 2. The van der Waals surface area contributed by atoms with Gasteiger partial charge in [0.15, 0.2) is 0 Å². The lowest BCUT2D eigenvalue weighted by Crippen LogP contribution is -2.05. The van der Waals surface area contributed by atoms with E-state index in [0.717, 1.165) is 12.3 Å². The summed E-state index contributed by atoms with van der Waals surface area (Å²) in [6.07, 6.45) is 0.933. The molecule has 0 radical (unpaired) electrons. The molecule has 0 aliphatic rings. The molecule has 28 heavy (non-hydrogen) atoms. The average molecular weight is 388 g/mol. The fraction of sp³-hybridized carbons (Fsp3) is 0.118. The van der Waals surface area contributed by atoms with Crippen LogP contribution >= 0.6 is 0 Å². The van der Waals surface area contributed by atoms with Crippen molar-refractivity contribution >= 4 is 28.1 Å². The molecular formula is C17H12N2O9. The Labute approximate surface area is 156 Å². The van der Waals surface area contributed by atoms with E-state index in [2.05, 4.69) is 0 Å². The summed E-state index contributed by atoms with van der Waals surface area (Å²) in [5, 5.41) is 32.2. The Kier molecular flexibility index (Phi) is 4.57. The summed E-state index contributed by atoms with van der Waals surface area (Å²) in [6, 6.07) is 5.22. The van der Waals surface area contributed by atoms with Gasteiger partial charge in [0, 0.05) is 0 Å². The largest absolute Gasteiger partial charge is 0.497 e. The highest BCUT2D eigenvalue weighted by atomic mass is 16.6. The van der Waals surface area contributed by atoms with E-state index >= 15 is 0 Å². The van der Waals surface area contributed by atoms with Crippen LogP contribution in [0.1, 0.15) is 15.9 Å². The Hall–Kier alpha value is -4.15. The lowest BCUT2D eigenvalue weighted by molar-refractivity contribution is -0.394. The Bertz CT molecular complexity index is 1130. The van der Waals surface area contributed by atoms with Crippen molar-refractivity contribution in [1.82, 2.24) is 0 Å². The lowest BCUT2D eigenvalue weighted by Gasteiger charge is -2.09. The molecule has 0 aliphatic heterocycles. The minimum Gasteiger partial charge on any atom is -0.497 e. The van der Waals surface area contributed by atoms with Crippen LogP contribution in [0.4, 0.5) is 11.4 Å². The Morgan fingerprint density at radius 1 is 1.07 bits per heavy atom. The minimum atomic E-state index is -1.17. The molecule has 11 heteroatoms. The minimum absolute atomic E-state index is 0.0247. The van der Waals surface area contributed by atoms with Crippen LogP contribution in [-0.4, -0.2) is 35.0 Å². The van der Waals surface area contributed by atoms with Crippen molar-refractivity contribution in [3.05, 3.63) is 61.9 Å². The van der Waals surface area contributed by atoms with E-state index in [1.807, 2.05) is 0 Å². The summed E-state index contributed by atoms with van der Waals surface area (Å²) in [4.78, 5) is 33.5. The van der Waals surface area contributed by atoms with E-state index < -0.39 is 32.8 Å². The van der Waals surface area contributed by atoms with Crippen LogP contribution in [0, 0.1) is 20.2 Å². The fourth-order valence-corrected chi connectivity index (χ4v) is 2.78. The van der Waals surface area contributed by atoms with Crippen molar-refractivity contribution in [1.29, 1.82) is 0 Å². The number of benzene rings is 2. The number of furan rings is 1. The SMILES string of the molecule is COc1ccc(OC)c(C(=O)c2coc3cc([N+](=O)[O-])c(O)c([N+](=O)[O-])c23)c1. The van der Waals surface area contributed by atoms with Crippen LogP contribution in [0.15, 0.2) is 34.9 Å². The number of phenolic OH excluding ortho intramolecular Hbond substituents is 1. The normalized spacial score (nSPS) is 10.6. The van der Waals surface area contributed by atoms with Gasteiger partial charge in [-0.1, -0.05) is 0 Å². The van der Waals surface area contributed by atoms with Crippen LogP contribution in [0.3, 0.4) is 0 Å². The molecule has 0 fully saturated rings. The highest BCUT2D eigenvalue weighted by Crippen LogP contribution is 2.44. The van der Waals surface area contributed by atoms with E-state index in [4.69, 9.17) is 13.9 Å². The molecule has 1 aromatic heterocycles. The third-order valence-corrected chi connectivity index (χ3v) is 4.07. The third-order valence-electron chi connectivity index (χ3n) is 4.07. The molecule has 144 valence electrons. The van der Waals surface area contributed by atoms with Crippen LogP contribution in [-0.2, 0) is 0 Å². The number of rotatable bonds is 6. The number of carbonyl (C=O) groups is 1. The number of carbonyl (C=O) groups excluding carboxylic acids is 1. The summed E-state index contributed by atoms with van der Waals surface area (Å²) in [7, 11) is 2.73. The number of ketones is 1. The molecule has 0 unspecified atom stereocenters. The highest BCUT2D eigenvalue weighted by molar-refractivity contribution is 6.19. The molecule has 0 spiro atoms. The van der Waals surface area contributed by atoms with Gasteiger partial charge in [-0.2, -0.15) is 0 Å². The van der Waals surface area contributed by atoms with E-state index in [1.165, 1.54) is 26.4 Å². The van der Waals surface area contributed by atoms with Gasteiger partial charge in [0.2, 0.25) is 5.78 Å². The van der Waals surface area contributed by atoms with Gasteiger partial charge in [-0.05, 0) is 18.2 Å². The zero-order chi connectivity index (χ0) is 20.6. The van der Waals surface area contributed by atoms with Gasteiger partial charge in [0.05, 0.1) is 41.3 Å². The maximum atomic E-state index is 13.0. The van der Waals surface area contributed by atoms with Crippen LogP contribution in [0.25, 0.3) is 11.0 Å². The third kappa shape index (κ3) is 2.84. The van der Waals surface area contributed by atoms with E-state index in [1.54, 1.807) is 6.07 Å². The number of methoxy groups -OCH3 is 2. The fourth-order valence-electron chi connectivity index (χ4n) is 2.78. The first kappa shape index (κ1) is 18.6. The zero-order valence-corrected chi connectivity index (χ0v) is 14.5. The molecule has 1 N–H and O–H groups in total. The summed E-state index contributed by atoms with van der Waals surface area (Å²) >= 11 is 0. The summed E-state index contributed by atoms with van der Waals surface area (Å²) in [6.45, 7) is 0. The van der Waals surface area contributed by atoms with Crippen molar-refractivity contribution < 1.29 is 33.6 Å². The van der Waals surface area contributed by atoms with Crippen molar-refractivity contribution in [3.63, 3.8) is 0 Å². The molecule has 0 saturated carbocycles. The van der Waals surface area contributed by atoms with Crippen molar-refractivity contribution in [2.75, 3.05) is 14.2 Å². The van der Waals surface area contributed by atoms with E-state index in [-0.39, 0.29) is 27.8 Å². The van der Waals surface area contributed by atoms with Crippen LogP contribution in [0.5, 0.6) is 17.2 Å². The second kappa shape index (κ2) is 6.87. The molecule has 0 bridgehead atoms. The second-order valence-corrected chi connectivity index (χ2v) is 5.52. The molecule has 2 aromatic carbocycles. The molecular weight excluding hydrogens is 376 g/mol. The molecule has 3 rings (SSSR count). The topological polar surface area (TPSA) is 155 Å². The molecule has 11 nitrogen and oxygen atoms in total. The number of hydrogen-bond donors (Lipinski definition) is 1. The Morgan fingerprint density at radius 3 is 2.36 bits per heavy atom. The first-order chi connectivity index (χ1) is 13.3. The van der Waals surface area contributed by atoms with Gasteiger partial charge < -0.3 is 19.0 Å². The number of nitrogens with zero attached hydrogens (tertiary/aromatic N) is 2. The number of phenols is 1. The molecule has 0 aliphatic carbocycles. The monoisotopic (exact) mass is 388 g/mol. The quantitative estimate of drug-likeness (QED) is 0.380. The maximum Gasteiger partial charge on any atom is 0.329 e. The van der Waals surface area contributed by atoms with Gasteiger partial charge in [-0.25, -0.2) is 0 Å². The van der Waals surface area contributed by atoms with Gasteiger partial charge in [-0.15, -0.1) is 0 Å². The van der Waals surface area contributed by atoms with Crippen LogP contribution in [0.2, 0.25) is 0 Å². The molecule has 0 saturated heterocycles. The predicted octanol–water partition coefficient (Wildman–Crippen LogP) is 3.20. The predicted molar refractivity (Wildman–Crippen MR) is 94.2 cm³/mol. The summed E-state index contributed by atoms with van der Waals surface area (Å²) in [5.41, 5.74) is -2.44. The lowest BCUT2D eigenvalue weighted by atomic mass is 10.00. The van der Waals surface area contributed by atoms with Gasteiger partial charge in [0.25, 0.3) is 5.75 Å². The first-order valence-electron chi connectivity index (χ1n) is 7.62. The number of ether oxygens (including phenoxy) is 2. The maximum absolute atomic E-state index is 13.0. The smallest absolute Gasteiger partial charge is 0.329 e. The number of hydrogen-bond acceptors (Lipinski definition) is 9. The van der Waals surface area contributed by atoms with Crippen molar-refractivity contribution in [2.24, 2.45) is 0 Å². The van der Waals surface area contributed by atoms with Gasteiger partial charge >= 0.3 is 11.4 Å². The van der Waals surface area contributed by atoms with Gasteiger partial charge in [0.1, 0.15) is 28.7 Å². The second-order valence-electron chi connectivity index (χ2n) is 5.52.